The van der Waals surface area contributed by atoms with E-state index in [0.717, 1.165) is 44.3 Å². The Labute approximate surface area is 203 Å². The summed E-state index contributed by atoms with van der Waals surface area (Å²) in [7, 11) is 0. The summed E-state index contributed by atoms with van der Waals surface area (Å²) in [5.41, 5.74) is 1.90. The maximum Gasteiger partial charge on any atom is 0.262 e. The molecule has 4 rings (SSSR count). The van der Waals surface area contributed by atoms with E-state index >= 15 is 0 Å². The lowest BCUT2D eigenvalue weighted by Crippen LogP contribution is -2.35. The molecule has 0 saturated carbocycles. The van der Waals surface area contributed by atoms with E-state index < -0.39 is 0 Å². The largest absolute Gasteiger partial charge is 0.339 e. The Bertz CT molecular complexity index is 1290. The van der Waals surface area contributed by atoms with Crippen LogP contribution in [0.4, 0.5) is 5.69 Å². The lowest BCUT2D eigenvalue weighted by molar-refractivity contribution is -0.116. The van der Waals surface area contributed by atoms with Crippen LogP contribution in [-0.2, 0) is 11.3 Å². The number of nitrogens with zero attached hydrogens (tertiary/aromatic N) is 2. The number of likely N-dealkylation sites (tertiary alicyclic amines) is 1. The molecule has 2 aromatic carbocycles. The van der Waals surface area contributed by atoms with Crippen molar-refractivity contribution in [2.45, 2.75) is 51.5 Å². The molecule has 7 nitrogen and oxygen atoms in total. The molecule has 0 aliphatic carbocycles. The van der Waals surface area contributed by atoms with Crippen LogP contribution in [-0.4, -0.2) is 39.4 Å². The van der Waals surface area contributed by atoms with Gasteiger partial charge in [-0.15, -0.1) is 0 Å². The SMILES string of the molecule is O=C(CCCCCn1c(=S)[nH]c2ccccc2c1=O)Nc1cccc(C(=O)N2CCCCC2)c1. The number of para-hydroxylation sites is 1. The molecule has 0 spiro atoms. The van der Waals surface area contributed by atoms with Crippen LogP contribution >= 0.6 is 12.2 Å². The second-order valence-electron chi connectivity index (χ2n) is 8.73. The Balaban J connectivity index is 1.25. The molecule has 8 heteroatoms. The van der Waals surface area contributed by atoms with Gasteiger partial charge in [-0.1, -0.05) is 24.6 Å². The first-order valence-electron chi connectivity index (χ1n) is 11.9. The molecular weight excluding hydrogens is 448 g/mol. The van der Waals surface area contributed by atoms with Gasteiger partial charge >= 0.3 is 0 Å². The molecule has 0 unspecified atom stereocenters. The van der Waals surface area contributed by atoms with E-state index in [1.165, 1.54) is 6.42 Å². The Hall–Kier alpha value is -3.26. The molecule has 34 heavy (non-hydrogen) atoms. The summed E-state index contributed by atoms with van der Waals surface area (Å²) >= 11 is 5.35. The number of aromatic nitrogens is 2. The van der Waals surface area contributed by atoms with Crippen molar-refractivity contribution in [2.24, 2.45) is 0 Å². The number of H-pyrrole nitrogens is 1. The smallest absolute Gasteiger partial charge is 0.262 e. The number of anilines is 1. The van der Waals surface area contributed by atoms with Crippen LogP contribution in [0.1, 0.15) is 55.3 Å². The minimum Gasteiger partial charge on any atom is -0.339 e. The highest BCUT2D eigenvalue weighted by atomic mass is 32.1. The van der Waals surface area contributed by atoms with Gasteiger partial charge in [-0.3, -0.25) is 19.0 Å². The van der Waals surface area contributed by atoms with Gasteiger partial charge in [0.1, 0.15) is 0 Å². The van der Waals surface area contributed by atoms with Gasteiger partial charge in [0.25, 0.3) is 11.5 Å². The van der Waals surface area contributed by atoms with Crippen LogP contribution in [0.5, 0.6) is 0 Å². The van der Waals surface area contributed by atoms with E-state index in [9.17, 15) is 14.4 Å². The van der Waals surface area contributed by atoms with Crippen molar-refractivity contribution < 1.29 is 9.59 Å². The zero-order chi connectivity index (χ0) is 23.9. The molecule has 2 amide bonds. The Morgan fingerprint density at radius 2 is 1.76 bits per heavy atom. The van der Waals surface area contributed by atoms with Crippen molar-refractivity contribution in [1.82, 2.24) is 14.5 Å². The zero-order valence-corrected chi connectivity index (χ0v) is 20.0. The first-order chi connectivity index (χ1) is 16.5. The van der Waals surface area contributed by atoms with Crippen molar-refractivity contribution in [3.8, 4) is 0 Å². The van der Waals surface area contributed by atoms with Crippen molar-refractivity contribution in [3.63, 3.8) is 0 Å². The molecule has 2 N–H and O–H groups in total. The van der Waals surface area contributed by atoms with Crippen LogP contribution in [0.25, 0.3) is 10.9 Å². The average Bonchev–Trinajstić information content (AvgIpc) is 2.86. The predicted molar refractivity (Wildman–Crippen MR) is 137 cm³/mol. The maximum absolute atomic E-state index is 12.7. The lowest BCUT2D eigenvalue weighted by atomic mass is 10.1. The fourth-order valence-corrected chi connectivity index (χ4v) is 4.65. The number of benzene rings is 2. The minimum absolute atomic E-state index is 0.0260. The maximum atomic E-state index is 12.7. The minimum atomic E-state index is -0.0870. The van der Waals surface area contributed by atoms with Gasteiger partial charge in [0, 0.05) is 37.3 Å². The molecule has 3 aromatic rings. The second kappa shape index (κ2) is 11.2. The summed E-state index contributed by atoms with van der Waals surface area (Å²) in [4.78, 5) is 42.8. The van der Waals surface area contributed by atoms with Crippen molar-refractivity contribution in [3.05, 3.63) is 69.2 Å². The first kappa shape index (κ1) is 23.9. The van der Waals surface area contributed by atoms with E-state index in [4.69, 9.17) is 12.2 Å². The highest BCUT2D eigenvalue weighted by Gasteiger charge is 2.18. The Morgan fingerprint density at radius 1 is 0.971 bits per heavy atom. The molecule has 1 fully saturated rings. The number of fused-ring (bicyclic) bond motifs is 1. The van der Waals surface area contributed by atoms with Crippen molar-refractivity contribution in [2.75, 3.05) is 18.4 Å². The lowest BCUT2D eigenvalue weighted by Gasteiger charge is -2.26. The van der Waals surface area contributed by atoms with E-state index in [-0.39, 0.29) is 17.4 Å². The van der Waals surface area contributed by atoms with Crippen LogP contribution in [0, 0.1) is 4.77 Å². The van der Waals surface area contributed by atoms with Gasteiger partial charge in [0.05, 0.1) is 10.9 Å². The first-order valence-corrected chi connectivity index (χ1v) is 12.3. The molecular formula is C26H30N4O3S. The summed E-state index contributed by atoms with van der Waals surface area (Å²) in [6, 6.07) is 14.5. The highest BCUT2D eigenvalue weighted by Crippen LogP contribution is 2.17. The van der Waals surface area contributed by atoms with Crippen molar-refractivity contribution >= 4 is 40.6 Å². The van der Waals surface area contributed by atoms with Crippen LogP contribution in [0.3, 0.4) is 0 Å². The van der Waals surface area contributed by atoms with Gasteiger partial charge in [-0.05, 0) is 74.7 Å². The molecule has 0 bridgehead atoms. The molecule has 0 radical (unpaired) electrons. The number of rotatable bonds is 8. The van der Waals surface area contributed by atoms with E-state index in [2.05, 4.69) is 10.3 Å². The number of nitrogens with one attached hydrogen (secondary N) is 2. The topological polar surface area (TPSA) is 87.2 Å². The fourth-order valence-electron chi connectivity index (χ4n) is 4.37. The normalized spacial score (nSPS) is 13.7. The van der Waals surface area contributed by atoms with E-state index in [1.807, 2.05) is 23.1 Å². The quantitative estimate of drug-likeness (QED) is 0.357. The molecule has 2 heterocycles. The number of hydrogen-bond acceptors (Lipinski definition) is 4. The Morgan fingerprint density at radius 3 is 2.59 bits per heavy atom. The summed E-state index contributed by atoms with van der Waals surface area (Å²) in [6.45, 7) is 2.11. The fraction of sp³-hybridized carbons (Fsp3) is 0.385. The van der Waals surface area contributed by atoms with Crippen LogP contribution < -0.4 is 10.9 Å². The summed E-state index contributed by atoms with van der Waals surface area (Å²) in [5, 5.41) is 3.52. The molecule has 1 saturated heterocycles. The van der Waals surface area contributed by atoms with Gasteiger partial charge in [0.15, 0.2) is 4.77 Å². The Kier molecular flexibility index (Phi) is 7.90. The third kappa shape index (κ3) is 5.80. The zero-order valence-electron chi connectivity index (χ0n) is 19.2. The number of carbonyl (C=O) groups excluding carboxylic acids is 2. The predicted octanol–water partition coefficient (Wildman–Crippen LogP) is 4.88. The molecule has 0 atom stereocenters. The number of unbranched alkanes of at least 4 members (excludes halogenated alkanes) is 2. The monoisotopic (exact) mass is 478 g/mol. The average molecular weight is 479 g/mol. The second-order valence-corrected chi connectivity index (χ2v) is 9.11. The number of amides is 2. The van der Waals surface area contributed by atoms with Gasteiger partial charge in [-0.2, -0.15) is 0 Å². The standard InChI is InChI=1S/C26H30N4O3S/c31-23(27-20-11-9-10-19(18-20)24(32)29-15-6-2-7-16-29)14-3-1-8-17-30-25(33)21-12-4-5-13-22(21)28-26(30)34/h4-5,9-13,18H,1-3,6-8,14-17H2,(H,27,31)(H,28,34). The van der Waals surface area contributed by atoms with Gasteiger partial charge in [-0.25, -0.2) is 0 Å². The molecule has 1 aliphatic heterocycles. The number of piperidine rings is 1. The van der Waals surface area contributed by atoms with Crippen LogP contribution in [0.15, 0.2) is 53.3 Å². The van der Waals surface area contributed by atoms with Crippen LogP contribution in [0.2, 0.25) is 0 Å². The van der Waals surface area contributed by atoms with Gasteiger partial charge < -0.3 is 15.2 Å². The van der Waals surface area contributed by atoms with E-state index in [0.29, 0.717) is 40.8 Å². The van der Waals surface area contributed by atoms with Crippen molar-refractivity contribution in [1.29, 1.82) is 0 Å². The number of aromatic amines is 1. The summed E-state index contributed by atoms with van der Waals surface area (Å²) in [5.74, 6) is -0.0548. The summed E-state index contributed by atoms with van der Waals surface area (Å²) in [6.07, 6.45) is 5.90. The third-order valence-electron chi connectivity index (χ3n) is 6.21. The molecule has 178 valence electrons. The number of carbonyl (C=O) groups is 2. The molecule has 1 aromatic heterocycles. The molecule has 1 aliphatic rings. The summed E-state index contributed by atoms with van der Waals surface area (Å²) < 4.78 is 2.00. The highest BCUT2D eigenvalue weighted by molar-refractivity contribution is 7.71. The third-order valence-corrected chi connectivity index (χ3v) is 6.53. The van der Waals surface area contributed by atoms with Gasteiger partial charge in [0.2, 0.25) is 5.91 Å². The number of hydrogen-bond donors (Lipinski definition) is 2. The van der Waals surface area contributed by atoms with E-state index in [1.54, 1.807) is 34.9 Å².